The molecule has 2 aliphatic rings. The molecule has 0 fully saturated rings. The van der Waals surface area contributed by atoms with Crippen molar-refractivity contribution in [3.05, 3.63) is 41.1 Å². The van der Waals surface area contributed by atoms with Crippen LogP contribution in [0.25, 0.3) is 0 Å². The number of esters is 1. The molecule has 3 rings (SSSR count). The number of benzene rings is 1. The number of hydrogen-bond acceptors (Lipinski definition) is 4. The first-order chi connectivity index (χ1) is 11.3. The summed E-state index contributed by atoms with van der Waals surface area (Å²) in [7, 11) is 0. The van der Waals surface area contributed by atoms with Crippen LogP contribution in [-0.2, 0) is 14.3 Å². The quantitative estimate of drug-likeness (QED) is 0.863. The van der Waals surface area contributed by atoms with Crippen molar-refractivity contribution in [3.63, 3.8) is 0 Å². The predicted molar refractivity (Wildman–Crippen MR) is 89.5 cm³/mol. The molecule has 128 valence electrons. The van der Waals surface area contributed by atoms with E-state index in [0.29, 0.717) is 23.8 Å². The summed E-state index contributed by atoms with van der Waals surface area (Å²) in [6, 6.07) is 7.61. The highest BCUT2D eigenvalue weighted by molar-refractivity contribution is 5.99. The van der Waals surface area contributed by atoms with E-state index in [4.69, 9.17) is 9.47 Å². The molecule has 5 nitrogen and oxygen atoms in total. The molecule has 0 bridgehead atoms. The summed E-state index contributed by atoms with van der Waals surface area (Å²) in [5.74, 6) is 0.527. The molecule has 2 heterocycles. The monoisotopic (exact) mass is 329 g/mol. The molecule has 0 saturated carbocycles. The largest absolute Gasteiger partial charge is 0.493 e. The third-order valence-corrected chi connectivity index (χ3v) is 4.31. The highest BCUT2D eigenvalue weighted by Gasteiger charge is 2.47. The Balaban J connectivity index is 1.89. The number of amides is 1. The summed E-state index contributed by atoms with van der Waals surface area (Å²) < 4.78 is 11.1. The lowest BCUT2D eigenvalue weighted by Crippen LogP contribution is -2.38. The molecular formula is C19H23NO4. The zero-order valence-corrected chi connectivity index (χ0v) is 14.5. The summed E-state index contributed by atoms with van der Waals surface area (Å²) in [5, 5.41) is 2.81. The van der Waals surface area contributed by atoms with Crippen LogP contribution in [0.1, 0.15) is 45.6 Å². The second kappa shape index (κ2) is 5.96. The molecular weight excluding hydrogens is 306 g/mol. The highest BCUT2D eigenvalue weighted by Crippen LogP contribution is 2.42. The Kier molecular flexibility index (Phi) is 4.11. The van der Waals surface area contributed by atoms with Gasteiger partial charge in [0.15, 0.2) is 0 Å². The fourth-order valence-corrected chi connectivity index (χ4v) is 3.12. The molecule has 24 heavy (non-hydrogen) atoms. The van der Waals surface area contributed by atoms with Gasteiger partial charge < -0.3 is 14.8 Å². The Hall–Kier alpha value is -2.30. The molecule has 0 saturated heterocycles. The molecule has 0 spiro atoms. The Morgan fingerprint density at radius 3 is 2.54 bits per heavy atom. The first-order valence-corrected chi connectivity index (χ1v) is 8.28. The Bertz CT molecular complexity index is 701. The summed E-state index contributed by atoms with van der Waals surface area (Å²) in [6.07, 6.45) is 0.246. The fraction of sp³-hybridized carbons (Fsp3) is 0.474. The van der Waals surface area contributed by atoms with Crippen molar-refractivity contribution in [2.75, 3.05) is 6.61 Å². The number of carbonyl (C=O) groups excluding carboxylic acids is 2. The summed E-state index contributed by atoms with van der Waals surface area (Å²) in [4.78, 5) is 24.4. The van der Waals surface area contributed by atoms with Gasteiger partial charge in [0.2, 0.25) is 5.91 Å². The number of carbonyl (C=O) groups is 2. The van der Waals surface area contributed by atoms with Gasteiger partial charge in [-0.05, 0) is 37.5 Å². The number of rotatable bonds is 4. The van der Waals surface area contributed by atoms with E-state index < -0.39 is 5.60 Å². The van der Waals surface area contributed by atoms with Gasteiger partial charge in [-0.3, -0.25) is 4.79 Å². The topological polar surface area (TPSA) is 64.6 Å². The maximum Gasteiger partial charge on any atom is 0.337 e. The minimum atomic E-state index is -0.791. The van der Waals surface area contributed by atoms with Crippen LogP contribution in [0.4, 0.5) is 0 Å². The van der Waals surface area contributed by atoms with Gasteiger partial charge in [0.1, 0.15) is 11.4 Å². The highest BCUT2D eigenvalue weighted by atomic mass is 16.6. The SMILES string of the molecule is CC(C)COc1ccc([C@H]2CC(=O)NC3=C2C(=O)OC3(C)C)cc1. The van der Waals surface area contributed by atoms with Gasteiger partial charge in [0.05, 0.1) is 17.9 Å². The van der Waals surface area contributed by atoms with Crippen LogP contribution < -0.4 is 10.1 Å². The van der Waals surface area contributed by atoms with E-state index in [1.54, 1.807) is 13.8 Å². The van der Waals surface area contributed by atoms with Gasteiger partial charge in [0, 0.05) is 12.3 Å². The summed E-state index contributed by atoms with van der Waals surface area (Å²) in [6.45, 7) is 8.42. The van der Waals surface area contributed by atoms with Crippen LogP contribution in [0.3, 0.4) is 0 Å². The van der Waals surface area contributed by atoms with Crippen molar-refractivity contribution in [1.82, 2.24) is 5.32 Å². The van der Waals surface area contributed by atoms with Gasteiger partial charge in [0.25, 0.3) is 0 Å². The van der Waals surface area contributed by atoms with Crippen molar-refractivity contribution >= 4 is 11.9 Å². The van der Waals surface area contributed by atoms with Crippen LogP contribution in [0.15, 0.2) is 35.5 Å². The standard InChI is InChI=1S/C19H23NO4/c1-11(2)10-23-13-7-5-12(6-8-13)14-9-15(21)20-17-16(14)18(22)24-19(17,3)4/h5-8,11,14H,9-10H2,1-4H3,(H,20,21)/t14-/m1/s1. The third-order valence-electron chi connectivity index (χ3n) is 4.31. The number of hydrogen-bond donors (Lipinski definition) is 1. The Morgan fingerprint density at radius 2 is 1.92 bits per heavy atom. The third kappa shape index (κ3) is 3.03. The van der Waals surface area contributed by atoms with Crippen molar-refractivity contribution < 1.29 is 19.1 Å². The molecule has 1 N–H and O–H groups in total. The molecule has 1 atom stereocenters. The Morgan fingerprint density at radius 1 is 1.25 bits per heavy atom. The molecule has 1 aromatic rings. The van der Waals surface area contributed by atoms with E-state index in [9.17, 15) is 9.59 Å². The lowest BCUT2D eigenvalue weighted by Gasteiger charge is -2.27. The van der Waals surface area contributed by atoms with E-state index in [-0.39, 0.29) is 24.2 Å². The van der Waals surface area contributed by atoms with Gasteiger partial charge in [-0.15, -0.1) is 0 Å². The first-order valence-electron chi connectivity index (χ1n) is 8.28. The predicted octanol–water partition coefficient (Wildman–Crippen LogP) is 2.91. The number of cyclic esters (lactones) is 1. The van der Waals surface area contributed by atoms with E-state index in [0.717, 1.165) is 11.3 Å². The van der Waals surface area contributed by atoms with Crippen molar-refractivity contribution in [2.24, 2.45) is 5.92 Å². The maximum atomic E-state index is 12.3. The zero-order chi connectivity index (χ0) is 17.5. The Labute approximate surface area is 142 Å². The molecule has 5 heteroatoms. The molecule has 1 aromatic carbocycles. The van der Waals surface area contributed by atoms with E-state index >= 15 is 0 Å². The number of nitrogens with one attached hydrogen (secondary N) is 1. The smallest absolute Gasteiger partial charge is 0.337 e. The van der Waals surface area contributed by atoms with Gasteiger partial charge >= 0.3 is 5.97 Å². The van der Waals surface area contributed by atoms with Gasteiger partial charge in [-0.1, -0.05) is 26.0 Å². The minimum absolute atomic E-state index is 0.0924. The van der Waals surface area contributed by atoms with Gasteiger partial charge in [-0.2, -0.15) is 0 Å². The molecule has 0 aromatic heterocycles. The van der Waals surface area contributed by atoms with Crippen LogP contribution in [0.2, 0.25) is 0 Å². The second-order valence-electron chi connectivity index (χ2n) is 7.27. The summed E-state index contributed by atoms with van der Waals surface area (Å²) >= 11 is 0. The first kappa shape index (κ1) is 16.6. The molecule has 2 aliphatic heterocycles. The molecule has 0 aliphatic carbocycles. The van der Waals surface area contributed by atoms with Crippen LogP contribution in [-0.4, -0.2) is 24.1 Å². The normalized spacial score (nSPS) is 22.3. The van der Waals surface area contributed by atoms with Gasteiger partial charge in [-0.25, -0.2) is 4.79 Å². The molecule has 0 unspecified atom stereocenters. The van der Waals surface area contributed by atoms with E-state index in [2.05, 4.69) is 19.2 Å². The number of ether oxygens (including phenoxy) is 2. The second-order valence-corrected chi connectivity index (χ2v) is 7.27. The van der Waals surface area contributed by atoms with Crippen LogP contribution in [0, 0.1) is 5.92 Å². The fourth-order valence-electron chi connectivity index (χ4n) is 3.12. The van der Waals surface area contributed by atoms with E-state index in [1.165, 1.54) is 0 Å². The zero-order valence-electron chi connectivity index (χ0n) is 14.5. The maximum absolute atomic E-state index is 12.3. The lowest BCUT2D eigenvalue weighted by molar-refractivity contribution is -0.144. The van der Waals surface area contributed by atoms with Crippen LogP contribution >= 0.6 is 0 Å². The van der Waals surface area contributed by atoms with E-state index in [1.807, 2.05) is 24.3 Å². The van der Waals surface area contributed by atoms with Crippen LogP contribution in [0.5, 0.6) is 5.75 Å². The van der Waals surface area contributed by atoms with Crippen molar-refractivity contribution in [1.29, 1.82) is 0 Å². The van der Waals surface area contributed by atoms with Crippen molar-refractivity contribution in [3.8, 4) is 5.75 Å². The average Bonchev–Trinajstić information content (AvgIpc) is 2.74. The van der Waals surface area contributed by atoms with Crippen molar-refractivity contribution in [2.45, 2.75) is 45.6 Å². The lowest BCUT2D eigenvalue weighted by atomic mass is 9.83. The molecule has 0 radical (unpaired) electrons. The summed E-state index contributed by atoms with van der Waals surface area (Å²) in [5.41, 5.74) is 1.29. The average molecular weight is 329 g/mol. The molecule has 1 amide bonds. The minimum Gasteiger partial charge on any atom is -0.493 e.